The number of hydrogen-bond acceptors (Lipinski definition) is 2. The molecule has 22 heavy (non-hydrogen) atoms. The van der Waals surface area contributed by atoms with Gasteiger partial charge in [0.15, 0.2) is 0 Å². The van der Waals surface area contributed by atoms with Crippen molar-refractivity contribution >= 4 is 39.7 Å². The van der Waals surface area contributed by atoms with Crippen LogP contribution in [0.3, 0.4) is 0 Å². The topological polar surface area (TPSA) is 41.1 Å². The summed E-state index contributed by atoms with van der Waals surface area (Å²) in [5.74, 6) is -0.101. The molecular formula is C18H15ClN2O. The van der Waals surface area contributed by atoms with Crippen molar-refractivity contribution in [1.29, 1.82) is 0 Å². The van der Waals surface area contributed by atoms with Gasteiger partial charge in [0.1, 0.15) is 0 Å². The van der Waals surface area contributed by atoms with E-state index in [2.05, 4.69) is 16.7 Å². The second-order valence-electron chi connectivity index (χ2n) is 4.97. The first-order valence-corrected chi connectivity index (χ1v) is 7.36. The number of carbonyl (C=O) groups is 1. The molecule has 0 fully saturated rings. The number of rotatable bonds is 4. The molecule has 0 unspecified atom stereocenters. The van der Waals surface area contributed by atoms with Crippen molar-refractivity contribution in [2.45, 2.75) is 0 Å². The van der Waals surface area contributed by atoms with Gasteiger partial charge in [-0.05, 0) is 47.2 Å². The van der Waals surface area contributed by atoms with Gasteiger partial charge in [-0.15, -0.1) is 0 Å². The average molecular weight is 311 g/mol. The Morgan fingerprint density at radius 2 is 1.55 bits per heavy atom. The van der Waals surface area contributed by atoms with Crippen LogP contribution in [0.5, 0.6) is 0 Å². The van der Waals surface area contributed by atoms with Crippen LogP contribution in [0.2, 0.25) is 5.02 Å². The fraction of sp³-hybridized carbons (Fsp3) is 0.0556. The number of hydrogen-bond donors (Lipinski definition) is 2. The Morgan fingerprint density at radius 3 is 2.32 bits per heavy atom. The van der Waals surface area contributed by atoms with E-state index >= 15 is 0 Å². The van der Waals surface area contributed by atoms with Gasteiger partial charge < -0.3 is 10.6 Å². The van der Waals surface area contributed by atoms with E-state index in [1.807, 2.05) is 36.4 Å². The molecule has 0 aliphatic carbocycles. The third-order valence-electron chi connectivity index (χ3n) is 3.33. The van der Waals surface area contributed by atoms with Crippen molar-refractivity contribution in [3.05, 3.63) is 71.8 Å². The fourth-order valence-electron chi connectivity index (χ4n) is 2.22. The van der Waals surface area contributed by atoms with E-state index in [0.717, 1.165) is 16.8 Å². The smallest absolute Gasteiger partial charge is 0.243 e. The number of halogens is 1. The first-order chi connectivity index (χ1) is 10.7. The molecular weight excluding hydrogens is 296 g/mol. The summed E-state index contributed by atoms with van der Waals surface area (Å²) >= 11 is 5.81. The summed E-state index contributed by atoms with van der Waals surface area (Å²) in [7, 11) is 0. The van der Waals surface area contributed by atoms with Gasteiger partial charge in [-0.3, -0.25) is 4.79 Å². The lowest BCUT2D eigenvalue weighted by molar-refractivity contribution is -0.114. The van der Waals surface area contributed by atoms with Gasteiger partial charge in [-0.2, -0.15) is 0 Å². The maximum absolute atomic E-state index is 11.9. The van der Waals surface area contributed by atoms with Crippen molar-refractivity contribution in [2.24, 2.45) is 0 Å². The number of carbonyl (C=O) groups excluding carboxylic acids is 1. The van der Waals surface area contributed by atoms with Crippen LogP contribution in [-0.2, 0) is 4.79 Å². The van der Waals surface area contributed by atoms with Crippen LogP contribution >= 0.6 is 11.6 Å². The quantitative estimate of drug-likeness (QED) is 0.742. The maximum atomic E-state index is 11.9. The number of amides is 1. The zero-order valence-electron chi connectivity index (χ0n) is 11.8. The molecule has 0 aliphatic heterocycles. The highest BCUT2D eigenvalue weighted by atomic mass is 35.5. The van der Waals surface area contributed by atoms with Crippen molar-refractivity contribution < 1.29 is 4.79 Å². The molecule has 110 valence electrons. The molecule has 3 rings (SSSR count). The third-order valence-corrected chi connectivity index (χ3v) is 3.58. The van der Waals surface area contributed by atoms with E-state index in [1.165, 1.54) is 5.39 Å². The Morgan fingerprint density at radius 1 is 0.864 bits per heavy atom. The van der Waals surface area contributed by atoms with Gasteiger partial charge >= 0.3 is 0 Å². The van der Waals surface area contributed by atoms with Gasteiger partial charge in [0.2, 0.25) is 5.91 Å². The molecule has 3 nitrogen and oxygen atoms in total. The molecule has 0 saturated carbocycles. The molecule has 0 heterocycles. The summed E-state index contributed by atoms with van der Waals surface area (Å²) in [6, 6.07) is 21.2. The van der Waals surface area contributed by atoms with E-state index in [9.17, 15) is 4.79 Å². The lowest BCUT2D eigenvalue weighted by atomic mass is 10.1. The minimum absolute atomic E-state index is 0.101. The molecule has 0 saturated heterocycles. The van der Waals surface area contributed by atoms with Crippen LogP contribution in [0.15, 0.2) is 66.7 Å². The number of anilines is 2. The van der Waals surface area contributed by atoms with Crippen molar-refractivity contribution in [1.82, 2.24) is 0 Å². The summed E-state index contributed by atoms with van der Waals surface area (Å²) in [6.07, 6.45) is 0. The Balaban J connectivity index is 1.60. The predicted molar refractivity (Wildman–Crippen MR) is 92.5 cm³/mol. The maximum Gasteiger partial charge on any atom is 0.243 e. The molecule has 0 aromatic heterocycles. The highest BCUT2D eigenvalue weighted by molar-refractivity contribution is 6.30. The Labute approximate surface area is 133 Å². The van der Waals surface area contributed by atoms with Crippen LogP contribution < -0.4 is 10.6 Å². The first-order valence-electron chi connectivity index (χ1n) is 6.99. The summed E-state index contributed by atoms with van der Waals surface area (Å²) in [4.78, 5) is 11.9. The van der Waals surface area contributed by atoms with Crippen LogP contribution in [0, 0.1) is 0 Å². The minimum Gasteiger partial charge on any atom is -0.376 e. The summed E-state index contributed by atoms with van der Waals surface area (Å²) in [5.41, 5.74) is 1.65. The molecule has 3 aromatic rings. The lowest BCUT2D eigenvalue weighted by Gasteiger charge is -2.09. The molecule has 2 N–H and O–H groups in total. The van der Waals surface area contributed by atoms with E-state index < -0.39 is 0 Å². The van der Waals surface area contributed by atoms with E-state index in [1.54, 1.807) is 24.3 Å². The summed E-state index contributed by atoms with van der Waals surface area (Å²) in [5, 5.41) is 8.92. The average Bonchev–Trinajstić information content (AvgIpc) is 2.55. The Bertz CT molecular complexity index is 800. The van der Waals surface area contributed by atoms with Crippen LogP contribution in [-0.4, -0.2) is 12.5 Å². The van der Waals surface area contributed by atoms with Gasteiger partial charge in [0.25, 0.3) is 0 Å². The minimum atomic E-state index is -0.101. The summed E-state index contributed by atoms with van der Waals surface area (Å²) in [6.45, 7) is 0.209. The SMILES string of the molecule is O=C(CNc1ccc2ccccc2c1)Nc1ccc(Cl)cc1. The zero-order valence-corrected chi connectivity index (χ0v) is 12.6. The third kappa shape index (κ3) is 3.57. The predicted octanol–water partition coefficient (Wildman–Crippen LogP) is 4.54. The number of nitrogens with one attached hydrogen (secondary N) is 2. The summed E-state index contributed by atoms with van der Waals surface area (Å²) < 4.78 is 0. The zero-order chi connectivity index (χ0) is 15.4. The van der Waals surface area contributed by atoms with Crippen LogP contribution in [0.25, 0.3) is 10.8 Å². The molecule has 4 heteroatoms. The van der Waals surface area contributed by atoms with Gasteiger partial charge in [-0.1, -0.05) is 41.9 Å². The highest BCUT2D eigenvalue weighted by Gasteiger charge is 2.03. The van der Waals surface area contributed by atoms with Crippen LogP contribution in [0.4, 0.5) is 11.4 Å². The van der Waals surface area contributed by atoms with Crippen LogP contribution in [0.1, 0.15) is 0 Å². The van der Waals surface area contributed by atoms with Gasteiger partial charge in [0.05, 0.1) is 6.54 Å². The van der Waals surface area contributed by atoms with Gasteiger partial charge in [-0.25, -0.2) is 0 Å². The standard InChI is InChI=1S/C18H15ClN2O/c19-15-6-9-16(10-7-15)21-18(22)12-20-17-8-5-13-3-1-2-4-14(13)11-17/h1-11,20H,12H2,(H,21,22). The molecule has 1 amide bonds. The van der Waals surface area contributed by atoms with Crippen molar-refractivity contribution in [3.63, 3.8) is 0 Å². The number of fused-ring (bicyclic) bond motifs is 1. The van der Waals surface area contributed by atoms with Gasteiger partial charge in [0, 0.05) is 16.4 Å². The van der Waals surface area contributed by atoms with E-state index in [4.69, 9.17) is 11.6 Å². The Kier molecular flexibility index (Phi) is 4.26. The van der Waals surface area contributed by atoms with Crippen molar-refractivity contribution in [2.75, 3.05) is 17.2 Å². The van der Waals surface area contributed by atoms with E-state index in [-0.39, 0.29) is 12.5 Å². The second-order valence-corrected chi connectivity index (χ2v) is 5.41. The van der Waals surface area contributed by atoms with Crippen molar-refractivity contribution in [3.8, 4) is 0 Å². The molecule has 3 aromatic carbocycles. The largest absolute Gasteiger partial charge is 0.376 e. The molecule has 0 spiro atoms. The number of benzene rings is 3. The molecule has 0 atom stereocenters. The lowest BCUT2D eigenvalue weighted by Crippen LogP contribution is -2.21. The molecule has 0 bridgehead atoms. The van der Waals surface area contributed by atoms with E-state index in [0.29, 0.717) is 5.02 Å². The normalized spacial score (nSPS) is 10.4. The molecule has 0 aliphatic rings. The highest BCUT2D eigenvalue weighted by Crippen LogP contribution is 2.18. The Hall–Kier alpha value is -2.52. The molecule has 0 radical (unpaired) electrons. The first kappa shape index (κ1) is 14.4. The second kappa shape index (κ2) is 6.50. The fourth-order valence-corrected chi connectivity index (χ4v) is 2.35. The monoisotopic (exact) mass is 310 g/mol.